The lowest BCUT2D eigenvalue weighted by atomic mass is 9.99. The summed E-state index contributed by atoms with van der Waals surface area (Å²) < 4.78 is 16.0. The van der Waals surface area contributed by atoms with Crippen LogP contribution < -0.4 is 9.47 Å². The molecule has 1 amide bonds. The molecular weight excluding hydrogens is 396 g/mol. The van der Waals surface area contributed by atoms with Gasteiger partial charge in [0, 0.05) is 24.0 Å². The third kappa shape index (κ3) is 4.08. The molecule has 162 valence electrons. The number of rotatable bonds is 5. The Bertz CT molecular complexity index is 1160. The minimum atomic E-state index is -0.537. The van der Waals surface area contributed by atoms with Crippen LogP contribution in [0.4, 0.5) is 0 Å². The van der Waals surface area contributed by atoms with E-state index in [-0.39, 0.29) is 12.5 Å². The largest absolute Gasteiger partial charge is 0.493 e. The van der Waals surface area contributed by atoms with Crippen LogP contribution in [0.15, 0.2) is 30.3 Å². The predicted octanol–water partition coefficient (Wildman–Crippen LogP) is 3.54. The fourth-order valence-electron chi connectivity index (χ4n) is 4.10. The second-order valence-electron chi connectivity index (χ2n) is 7.84. The maximum absolute atomic E-state index is 12.7. The van der Waals surface area contributed by atoms with Crippen molar-refractivity contribution in [3.05, 3.63) is 58.3 Å². The van der Waals surface area contributed by atoms with Crippen LogP contribution in [0.25, 0.3) is 10.9 Å². The third-order valence-electron chi connectivity index (χ3n) is 5.71. The number of hydrogen-bond acceptors (Lipinski definition) is 5. The summed E-state index contributed by atoms with van der Waals surface area (Å²) in [5, 5.41) is 0.973. The number of methoxy groups -OCH3 is 2. The number of nitrogens with one attached hydrogen (secondary N) is 1. The molecule has 7 heteroatoms. The first kappa shape index (κ1) is 20.8. The summed E-state index contributed by atoms with van der Waals surface area (Å²) in [6.45, 7) is 4.71. The Labute approximate surface area is 180 Å². The van der Waals surface area contributed by atoms with E-state index in [9.17, 15) is 9.59 Å². The van der Waals surface area contributed by atoms with E-state index in [2.05, 4.69) is 11.1 Å². The fourth-order valence-corrected chi connectivity index (χ4v) is 4.10. The molecule has 3 aromatic rings. The number of benzene rings is 2. The molecule has 4 rings (SSSR count). The summed E-state index contributed by atoms with van der Waals surface area (Å²) in [4.78, 5) is 30.0. The quantitative estimate of drug-likeness (QED) is 0.636. The second kappa shape index (κ2) is 8.34. The summed E-state index contributed by atoms with van der Waals surface area (Å²) in [6, 6.07) is 9.67. The van der Waals surface area contributed by atoms with Crippen molar-refractivity contribution in [3.63, 3.8) is 0 Å². The summed E-state index contributed by atoms with van der Waals surface area (Å²) in [7, 11) is 3.19. The number of aromatic nitrogens is 1. The minimum Gasteiger partial charge on any atom is -0.493 e. The van der Waals surface area contributed by atoms with Crippen LogP contribution in [0, 0.1) is 13.8 Å². The molecule has 0 saturated heterocycles. The topological polar surface area (TPSA) is 80.9 Å². The van der Waals surface area contributed by atoms with Crippen molar-refractivity contribution in [2.24, 2.45) is 0 Å². The Kier molecular flexibility index (Phi) is 5.59. The van der Waals surface area contributed by atoms with Crippen LogP contribution in [0.3, 0.4) is 0 Å². The van der Waals surface area contributed by atoms with Crippen LogP contribution in [-0.2, 0) is 22.5 Å². The summed E-state index contributed by atoms with van der Waals surface area (Å²) >= 11 is 0. The Morgan fingerprint density at radius 2 is 1.71 bits per heavy atom. The average Bonchev–Trinajstić information content (AvgIpc) is 3.20. The molecule has 1 aliphatic rings. The van der Waals surface area contributed by atoms with E-state index in [1.54, 1.807) is 25.2 Å². The highest BCUT2D eigenvalue weighted by Crippen LogP contribution is 2.33. The molecule has 0 bridgehead atoms. The molecule has 0 fully saturated rings. The minimum absolute atomic E-state index is 0.225. The predicted molar refractivity (Wildman–Crippen MR) is 117 cm³/mol. The number of ether oxygens (including phenoxy) is 3. The van der Waals surface area contributed by atoms with Crippen molar-refractivity contribution < 1.29 is 23.8 Å². The number of aromatic amines is 1. The lowest BCUT2D eigenvalue weighted by molar-refractivity contribution is -0.135. The lowest BCUT2D eigenvalue weighted by Gasteiger charge is -2.29. The first-order valence-corrected chi connectivity index (χ1v) is 10.2. The number of nitrogens with zero attached hydrogens (tertiary/aromatic N) is 1. The molecule has 0 unspecified atom stereocenters. The van der Waals surface area contributed by atoms with Crippen LogP contribution in [0.2, 0.25) is 0 Å². The molecule has 31 heavy (non-hydrogen) atoms. The van der Waals surface area contributed by atoms with Gasteiger partial charge in [0.05, 0.1) is 14.2 Å². The van der Waals surface area contributed by atoms with Gasteiger partial charge >= 0.3 is 5.97 Å². The molecule has 1 aromatic heterocycles. The average molecular weight is 422 g/mol. The number of carbonyl (C=O) groups is 2. The van der Waals surface area contributed by atoms with Crippen molar-refractivity contribution in [2.45, 2.75) is 26.8 Å². The highest BCUT2D eigenvalue weighted by atomic mass is 16.5. The molecule has 0 spiro atoms. The highest BCUT2D eigenvalue weighted by Gasteiger charge is 2.24. The van der Waals surface area contributed by atoms with Crippen molar-refractivity contribution in [3.8, 4) is 11.5 Å². The van der Waals surface area contributed by atoms with Crippen LogP contribution in [-0.4, -0.2) is 49.1 Å². The molecule has 1 aliphatic heterocycles. The Morgan fingerprint density at radius 3 is 2.42 bits per heavy atom. The molecule has 1 N–H and O–H groups in total. The van der Waals surface area contributed by atoms with E-state index < -0.39 is 5.97 Å². The molecule has 0 radical (unpaired) electrons. The van der Waals surface area contributed by atoms with Crippen molar-refractivity contribution in [1.82, 2.24) is 9.88 Å². The van der Waals surface area contributed by atoms with E-state index in [0.717, 1.165) is 33.2 Å². The number of hydrogen-bond donors (Lipinski definition) is 1. The van der Waals surface area contributed by atoms with Gasteiger partial charge in [-0.05, 0) is 66.8 Å². The first-order valence-electron chi connectivity index (χ1n) is 10.2. The summed E-state index contributed by atoms with van der Waals surface area (Å²) in [5.74, 6) is 0.548. The van der Waals surface area contributed by atoms with Gasteiger partial charge in [-0.25, -0.2) is 4.79 Å². The summed E-state index contributed by atoms with van der Waals surface area (Å²) in [5.41, 5.74) is 5.56. The van der Waals surface area contributed by atoms with Gasteiger partial charge in [-0.1, -0.05) is 6.07 Å². The van der Waals surface area contributed by atoms with Gasteiger partial charge in [0.2, 0.25) is 0 Å². The van der Waals surface area contributed by atoms with Gasteiger partial charge in [-0.15, -0.1) is 0 Å². The number of aryl methyl sites for hydroxylation is 2. The van der Waals surface area contributed by atoms with Gasteiger partial charge in [0.15, 0.2) is 18.1 Å². The van der Waals surface area contributed by atoms with E-state index in [4.69, 9.17) is 14.2 Å². The molecule has 2 heterocycles. The van der Waals surface area contributed by atoms with Crippen LogP contribution >= 0.6 is 0 Å². The van der Waals surface area contributed by atoms with Gasteiger partial charge in [-0.3, -0.25) is 4.79 Å². The number of amides is 1. The Hall–Kier alpha value is -3.48. The van der Waals surface area contributed by atoms with E-state index in [1.807, 2.05) is 32.0 Å². The molecular formula is C24H26N2O5. The molecule has 2 aromatic carbocycles. The van der Waals surface area contributed by atoms with E-state index >= 15 is 0 Å². The van der Waals surface area contributed by atoms with Gasteiger partial charge in [-0.2, -0.15) is 0 Å². The van der Waals surface area contributed by atoms with E-state index in [0.29, 0.717) is 36.7 Å². The number of H-pyrrole nitrogens is 1. The van der Waals surface area contributed by atoms with Crippen molar-refractivity contribution in [1.29, 1.82) is 0 Å². The lowest BCUT2D eigenvalue weighted by Crippen LogP contribution is -2.38. The van der Waals surface area contributed by atoms with Gasteiger partial charge in [0.1, 0.15) is 5.69 Å². The molecule has 7 nitrogen and oxygen atoms in total. The standard InChI is InChI=1S/C24H26N2O5/c1-14-7-15(2)18-11-20(25-19(18)8-14)24(28)31-13-23(27)26-6-5-16-9-21(29-3)22(30-4)10-17(16)12-26/h7-11,25H,5-6,12-13H2,1-4H3. The zero-order chi connectivity index (χ0) is 22.1. The monoisotopic (exact) mass is 422 g/mol. The number of carbonyl (C=O) groups excluding carboxylic acids is 2. The van der Waals surface area contributed by atoms with Crippen LogP contribution in [0.1, 0.15) is 32.7 Å². The summed E-state index contributed by atoms with van der Waals surface area (Å²) in [6.07, 6.45) is 0.704. The molecule has 0 aliphatic carbocycles. The van der Waals surface area contributed by atoms with Crippen LogP contribution in [0.5, 0.6) is 11.5 Å². The molecule has 0 atom stereocenters. The smallest absolute Gasteiger partial charge is 0.355 e. The van der Waals surface area contributed by atoms with Gasteiger partial charge in [0.25, 0.3) is 5.91 Å². The zero-order valence-corrected chi connectivity index (χ0v) is 18.2. The highest BCUT2D eigenvalue weighted by molar-refractivity contribution is 5.97. The third-order valence-corrected chi connectivity index (χ3v) is 5.71. The second-order valence-corrected chi connectivity index (χ2v) is 7.84. The van der Waals surface area contributed by atoms with Gasteiger partial charge < -0.3 is 24.1 Å². The van der Waals surface area contributed by atoms with Crippen molar-refractivity contribution >= 4 is 22.8 Å². The SMILES string of the molecule is COc1cc2c(cc1OC)CN(C(=O)COC(=O)c1cc3c(C)cc(C)cc3[nH]1)CC2. The zero-order valence-electron chi connectivity index (χ0n) is 18.2. The number of esters is 1. The Morgan fingerprint density at radius 1 is 1.00 bits per heavy atom. The number of fused-ring (bicyclic) bond motifs is 2. The first-order chi connectivity index (χ1) is 14.9. The maximum Gasteiger partial charge on any atom is 0.355 e. The fraction of sp³-hybridized carbons (Fsp3) is 0.333. The van der Waals surface area contributed by atoms with Crippen molar-refractivity contribution in [2.75, 3.05) is 27.4 Å². The van der Waals surface area contributed by atoms with E-state index in [1.165, 1.54) is 0 Å². The normalized spacial score (nSPS) is 13.1. The Balaban J connectivity index is 1.41. The molecule has 0 saturated carbocycles. The maximum atomic E-state index is 12.7.